The summed E-state index contributed by atoms with van der Waals surface area (Å²) < 4.78 is 11.8. The Morgan fingerprint density at radius 3 is 1.66 bits per heavy atom. The first-order valence-corrected chi connectivity index (χ1v) is 16.2. The van der Waals surface area contributed by atoms with Crippen molar-refractivity contribution >= 4 is 0 Å². The molecule has 1 aliphatic rings. The van der Waals surface area contributed by atoms with Crippen molar-refractivity contribution in [2.24, 2.45) is 11.8 Å². The molecule has 44 heavy (non-hydrogen) atoms. The van der Waals surface area contributed by atoms with Crippen LogP contribution in [0.2, 0.25) is 0 Å². The molecule has 0 saturated heterocycles. The van der Waals surface area contributed by atoms with E-state index in [1.165, 1.54) is 33.4 Å². The lowest BCUT2D eigenvalue weighted by atomic mass is 9.78. The molecule has 0 bridgehead atoms. The molecule has 0 aromatic rings. The largest absolute Gasteiger partial charge is 0.379 e. The lowest BCUT2D eigenvalue weighted by Gasteiger charge is -2.38. The molecule has 0 aliphatic heterocycles. The first kappa shape index (κ1) is 39.1. The Morgan fingerprint density at radius 2 is 1.18 bits per heavy atom. The Hall–Kier alpha value is -2.94. The van der Waals surface area contributed by atoms with Crippen LogP contribution in [0.5, 0.6) is 0 Å². The summed E-state index contributed by atoms with van der Waals surface area (Å²) in [4.78, 5) is 0. The van der Waals surface area contributed by atoms with Crippen LogP contribution in [0.4, 0.5) is 0 Å². The van der Waals surface area contributed by atoms with Crippen molar-refractivity contribution in [1.29, 1.82) is 0 Å². The van der Waals surface area contributed by atoms with Gasteiger partial charge in [-0.3, -0.25) is 0 Å². The molecule has 1 fully saturated rings. The molecule has 2 nitrogen and oxygen atoms in total. The summed E-state index contributed by atoms with van der Waals surface area (Å²) in [7, 11) is 3.64. The molecule has 1 aliphatic carbocycles. The first-order valence-electron chi connectivity index (χ1n) is 16.2. The highest BCUT2D eigenvalue weighted by Gasteiger charge is 2.49. The second-order valence-electron chi connectivity index (χ2n) is 13.3. The molecule has 0 amide bonds. The second-order valence-corrected chi connectivity index (χ2v) is 13.3. The minimum atomic E-state index is -0.183. The van der Waals surface area contributed by atoms with Gasteiger partial charge in [-0.05, 0) is 101 Å². The lowest BCUT2D eigenvalue weighted by molar-refractivity contribution is -0.0684. The molecule has 0 unspecified atom stereocenters. The van der Waals surface area contributed by atoms with E-state index in [-0.39, 0.29) is 11.2 Å². The van der Waals surface area contributed by atoms with Crippen LogP contribution in [0, 0.1) is 11.8 Å². The van der Waals surface area contributed by atoms with Gasteiger partial charge in [-0.25, -0.2) is 0 Å². The molecule has 0 heterocycles. The zero-order valence-electron chi connectivity index (χ0n) is 30.0. The Morgan fingerprint density at radius 1 is 0.705 bits per heavy atom. The molecule has 0 aromatic carbocycles. The average molecular weight is 599 g/mol. The maximum absolute atomic E-state index is 5.98. The first-order chi connectivity index (χ1) is 20.7. The van der Waals surface area contributed by atoms with Crippen molar-refractivity contribution in [1.82, 2.24) is 0 Å². The van der Waals surface area contributed by atoms with Crippen LogP contribution in [0.3, 0.4) is 0 Å². The Bertz CT molecular complexity index is 1230. The molecular formula is C42H62O2. The van der Waals surface area contributed by atoms with Gasteiger partial charge in [0.15, 0.2) is 0 Å². The van der Waals surface area contributed by atoms with Gasteiger partial charge >= 0.3 is 0 Å². The third-order valence-corrected chi connectivity index (χ3v) is 8.64. The molecule has 1 saturated carbocycles. The van der Waals surface area contributed by atoms with Gasteiger partial charge in [-0.15, -0.1) is 0 Å². The van der Waals surface area contributed by atoms with Crippen LogP contribution in [-0.4, -0.2) is 25.4 Å². The van der Waals surface area contributed by atoms with Gasteiger partial charge in [0, 0.05) is 20.1 Å². The highest BCUT2D eigenvalue weighted by molar-refractivity contribution is 5.32. The molecule has 0 radical (unpaired) electrons. The minimum Gasteiger partial charge on any atom is -0.379 e. The normalized spacial score (nSPS) is 23.5. The zero-order chi connectivity index (χ0) is 33.2. The Labute approximate surface area is 271 Å². The molecule has 0 spiro atoms. The topological polar surface area (TPSA) is 18.5 Å². The fourth-order valence-electron chi connectivity index (χ4n) is 5.35. The summed E-state index contributed by atoms with van der Waals surface area (Å²) in [5.41, 5.74) is 7.31. The molecule has 1 rings (SSSR count). The molecule has 242 valence electrons. The van der Waals surface area contributed by atoms with E-state index in [2.05, 4.69) is 166 Å². The van der Waals surface area contributed by atoms with Crippen molar-refractivity contribution in [3.63, 3.8) is 0 Å². The monoisotopic (exact) mass is 598 g/mol. The summed E-state index contributed by atoms with van der Waals surface area (Å²) in [5.74, 6) is 0.730. The van der Waals surface area contributed by atoms with E-state index in [4.69, 9.17) is 9.47 Å². The van der Waals surface area contributed by atoms with Crippen LogP contribution in [0.25, 0.3) is 0 Å². The summed E-state index contributed by atoms with van der Waals surface area (Å²) in [6.07, 6.45) is 39.0. The Balaban J connectivity index is 2.67. The van der Waals surface area contributed by atoms with Crippen LogP contribution in [0.15, 0.2) is 131 Å². The van der Waals surface area contributed by atoms with Crippen LogP contribution >= 0.6 is 0 Å². The maximum Gasteiger partial charge on any atom is 0.0717 e. The molecule has 0 N–H and O–H groups in total. The lowest BCUT2D eigenvalue weighted by Crippen LogP contribution is -2.41. The average Bonchev–Trinajstić information content (AvgIpc) is 3.31. The van der Waals surface area contributed by atoms with Crippen LogP contribution in [0.1, 0.15) is 94.9 Å². The number of ether oxygens (including phenoxy) is 2. The fraction of sp³-hybridized carbons (Fsp3) is 0.476. The van der Waals surface area contributed by atoms with E-state index in [1.54, 1.807) is 0 Å². The van der Waals surface area contributed by atoms with Gasteiger partial charge in [0.1, 0.15) is 0 Å². The Kier molecular flexibility index (Phi) is 17.9. The third kappa shape index (κ3) is 15.2. The zero-order valence-corrected chi connectivity index (χ0v) is 30.0. The second kappa shape index (κ2) is 20.2. The molecule has 3 atom stereocenters. The summed E-state index contributed by atoms with van der Waals surface area (Å²) in [5, 5.41) is 0. The van der Waals surface area contributed by atoms with Crippen molar-refractivity contribution in [2.75, 3.05) is 14.2 Å². The van der Waals surface area contributed by atoms with Gasteiger partial charge in [0.05, 0.1) is 11.2 Å². The van der Waals surface area contributed by atoms with Crippen molar-refractivity contribution in [3.8, 4) is 0 Å². The van der Waals surface area contributed by atoms with Gasteiger partial charge < -0.3 is 9.47 Å². The van der Waals surface area contributed by atoms with E-state index in [1.807, 2.05) is 14.2 Å². The molecule has 0 aromatic heterocycles. The third-order valence-electron chi connectivity index (χ3n) is 8.64. The maximum atomic E-state index is 5.98. The predicted molar refractivity (Wildman–Crippen MR) is 196 cm³/mol. The van der Waals surface area contributed by atoms with Crippen molar-refractivity contribution in [2.45, 2.75) is 106 Å². The van der Waals surface area contributed by atoms with Gasteiger partial charge in [0.2, 0.25) is 0 Å². The summed E-state index contributed by atoms with van der Waals surface area (Å²) in [6.45, 7) is 21.6. The van der Waals surface area contributed by atoms with Crippen LogP contribution in [-0.2, 0) is 9.47 Å². The molecule has 2 heteroatoms. The number of methoxy groups -OCH3 is 2. The van der Waals surface area contributed by atoms with E-state index in [9.17, 15) is 0 Å². The fourth-order valence-corrected chi connectivity index (χ4v) is 5.35. The minimum absolute atomic E-state index is 0.156. The number of allylic oxidation sites excluding steroid dienone is 21. The highest BCUT2D eigenvalue weighted by Crippen LogP contribution is 2.48. The van der Waals surface area contributed by atoms with Crippen molar-refractivity contribution < 1.29 is 9.47 Å². The van der Waals surface area contributed by atoms with Crippen molar-refractivity contribution in [3.05, 3.63) is 131 Å². The summed E-state index contributed by atoms with van der Waals surface area (Å²) in [6, 6.07) is 0. The molecular weight excluding hydrogens is 536 g/mol. The highest BCUT2D eigenvalue weighted by atomic mass is 16.5. The quantitative estimate of drug-likeness (QED) is 0.130. The van der Waals surface area contributed by atoms with Crippen LogP contribution < -0.4 is 0 Å². The van der Waals surface area contributed by atoms with Gasteiger partial charge in [-0.2, -0.15) is 0 Å². The van der Waals surface area contributed by atoms with E-state index in [0.29, 0.717) is 11.8 Å². The van der Waals surface area contributed by atoms with E-state index >= 15 is 0 Å². The predicted octanol–water partition coefficient (Wildman–Crippen LogP) is 12.1. The standard InChI is InChI=1S/C42H62O2/c1-33(2)19-15-22-36(5)25-17-27-37(6)26-16-23-34(3)20-13-14-21-35(4)24-18-28-38(7)29-30-40-39(41(8,9)43-11)31-32-42(40,10)44-12/h13-14,16-21,23-30,39-40H,15,22,31-32H2,1-12H3/b14-13+,23-16+,24-18+,27-17+,30-29+,34-20+,35-21+,36-25+,37-26+,38-28+/t39-,40-,42+/m0/s1. The van der Waals surface area contributed by atoms with Gasteiger partial charge in [-0.1, -0.05) is 131 Å². The van der Waals surface area contributed by atoms with E-state index < -0.39 is 0 Å². The number of rotatable bonds is 16. The SMILES string of the molecule is COC(C)(C)[C@H]1CC[C@@](C)(OC)[C@H]1/C=C/C(C)=C/C=C/C(C)=C/C=C/C=C(C)/C=C/C=C(C)/C=C/C=C(\C)CCC=C(C)C. The van der Waals surface area contributed by atoms with E-state index in [0.717, 1.165) is 25.7 Å². The summed E-state index contributed by atoms with van der Waals surface area (Å²) >= 11 is 0. The van der Waals surface area contributed by atoms with Gasteiger partial charge in [0.25, 0.3) is 0 Å². The smallest absolute Gasteiger partial charge is 0.0717 e. The number of hydrogen-bond acceptors (Lipinski definition) is 2. The number of hydrogen-bond donors (Lipinski definition) is 0.